The minimum Gasteiger partial charge on any atom is -0.481 e. The van der Waals surface area contributed by atoms with Crippen molar-refractivity contribution in [3.8, 4) is 0 Å². The largest absolute Gasteiger partial charge is 0.481 e. The third kappa shape index (κ3) is 3.62. The van der Waals surface area contributed by atoms with Gasteiger partial charge in [-0.25, -0.2) is 0 Å². The molecular weight excluding hydrogens is 304 g/mol. The second-order valence-corrected chi connectivity index (χ2v) is 6.08. The number of aromatic nitrogens is 1. The van der Waals surface area contributed by atoms with Gasteiger partial charge in [0.15, 0.2) is 0 Å². The number of hydrogen-bond acceptors (Lipinski definition) is 3. The van der Waals surface area contributed by atoms with E-state index in [1.54, 1.807) is 11.1 Å². The Labute approximate surface area is 140 Å². The molecule has 1 N–H and O–H groups in total. The van der Waals surface area contributed by atoms with Crippen LogP contribution in [0.5, 0.6) is 0 Å². The standard InChI is InChI=1S/C19H20N2O3/c22-18(10-9-15-8-4-5-11-20-15)21-12-16(17(13-21)19(23)24)14-6-2-1-3-7-14/h1-8,11,16-17H,9-10,12-13H2,(H,23,24)/t16-,17-/m1/s1. The van der Waals surface area contributed by atoms with Crippen molar-refractivity contribution < 1.29 is 14.7 Å². The summed E-state index contributed by atoms with van der Waals surface area (Å²) in [6, 6.07) is 15.2. The summed E-state index contributed by atoms with van der Waals surface area (Å²) in [5, 5.41) is 9.50. The van der Waals surface area contributed by atoms with E-state index in [1.165, 1.54) is 0 Å². The fourth-order valence-corrected chi connectivity index (χ4v) is 3.23. The van der Waals surface area contributed by atoms with Gasteiger partial charge in [-0.15, -0.1) is 0 Å². The lowest BCUT2D eigenvalue weighted by Crippen LogP contribution is -2.30. The molecule has 1 amide bonds. The van der Waals surface area contributed by atoms with Crippen LogP contribution in [0.3, 0.4) is 0 Å². The van der Waals surface area contributed by atoms with Gasteiger partial charge in [0.2, 0.25) is 5.91 Å². The Kier molecular flexibility index (Phi) is 4.89. The van der Waals surface area contributed by atoms with Gasteiger partial charge in [0.05, 0.1) is 5.92 Å². The molecule has 0 radical (unpaired) electrons. The van der Waals surface area contributed by atoms with Gasteiger partial charge in [0.1, 0.15) is 0 Å². The number of likely N-dealkylation sites (tertiary alicyclic amines) is 1. The maximum Gasteiger partial charge on any atom is 0.308 e. The molecule has 1 aliphatic heterocycles. The Bertz CT molecular complexity index is 703. The summed E-state index contributed by atoms with van der Waals surface area (Å²) >= 11 is 0. The van der Waals surface area contributed by atoms with E-state index >= 15 is 0 Å². The van der Waals surface area contributed by atoms with Crippen molar-refractivity contribution in [3.05, 3.63) is 66.0 Å². The van der Waals surface area contributed by atoms with Crippen LogP contribution in [-0.4, -0.2) is 40.0 Å². The maximum absolute atomic E-state index is 12.5. The van der Waals surface area contributed by atoms with Gasteiger partial charge < -0.3 is 10.0 Å². The fourth-order valence-electron chi connectivity index (χ4n) is 3.23. The molecule has 0 saturated carbocycles. The molecule has 0 aliphatic carbocycles. The predicted octanol–water partition coefficient (Wildman–Crippen LogP) is 2.34. The van der Waals surface area contributed by atoms with Crippen molar-refractivity contribution >= 4 is 11.9 Å². The topological polar surface area (TPSA) is 70.5 Å². The lowest BCUT2D eigenvalue weighted by atomic mass is 9.89. The summed E-state index contributed by atoms with van der Waals surface area (Å²) in [5.41, 5.74) is 1.85. The first-order chi connectivity index (χ1) is 11.6. The van der Waals surface area contributed by atoms with Crippen molar-refractivity contribution in [2.75, 3.05) is 13.1 Å². The summed E-state index contributed by atoms with van der Waals surface area (Å²) in [6.07, 6.45) is 2.64. The summed E-state index contributed by atoms with van der Waals surface area (Å²) < 4.78 is 0. The Morgan fingerprint density at radius 2 is 1.83 bits per heavy atom. The molecular formula is C19H20N2O3. The third-order valence-electron chi connectivity index (χ3n) is 4.54. The van der Waals surface area contributed by atoms with Crippen molar-refractivity contribution in [2.45, 2.75) is 18.8 Å². The van der Waals surface area contributed by atoms with Gasteiger partial charge in [-0.2, -0.15) is 0 Å². The summed E-state index contributed by atoms with van der Waals surface area (Å²) in [6.45, 7) is 0.734. The first-order valence-electron chi connectivity index (χ1n) is 8.10. The summed E-state index contributed by atoms with van der Waals surface area (Å²) in [5.74, 6) is -1.55. The van der Waals surface area contributed by atoms with Gasteiger partial charge in [0.25, 0.3) is 0 Å². The van der Waals surface area contributed by atoms with E-state index in [0.717, 1.165) is 11.3 Å². The first kappa shape index (κ1) is 16.2. The predicted molar refractivity (Wildman–Crippen MR) is 89.4 cm³/mol. The van der Waals surface area contributed by atoms with E-state index in [1.807, 2.05) is 48.5 Å². The number of benzene rings is 1. The van der Waals surface area contributed by atoms with Crippen LogP contribution in [0, 0.1) is 5.92 Å². The Balaban J connectivity index is 1.66. The number of carbonyl (C=O) groups is 2. The zero-order chi connectivity index (χ0) is 16.9. The highest BCUT2D eigenvalue weighted by atomic mass is 16.4. The van der Waals surface area contributed by atoms with E-state index < -0.39 is 11.9 Å². The average molecular weight is 324 g/mol. The van der Waals surface area contributed by atoms with E-state index in [2.05, 4.69) is 4.98 Å². The van der Waals surface area contributed by atoms with Crippen LogP contribution < -0.4 is 0 Å². The molecule has 1 aromatic carbocycles. The fraction of sp³-hybridized carbons (Fsp3) is 0.316. The Morgan fingerprint density at radius 1 is 1.08 bits per heavy atom. The molecule has 1 fully saturated rings. The molecule has 5 heteroatoms. The zero-order valence-corrected chi connectivity index (χ0v) is 13.3. The number of amides is 1. The smallest absolute Gasteiger partial charge is 0.308 e. The SMILES string of the molecule is O=C(O)[C@@H]1CN(C(=O)CCc2ccccn2)C[C@@H]1c1ccccc1. The molecule has 2 atom stereocenters. The van der Waals surface area contributed by atoms with E-state index in [9.17, 15) is 14.7 Å². The van der Waals surface area contributed by atoms with Gasteiger partial charge in [-0.1, -0.05) is 36.4 Å². The van der Waals surface area contributed by atoms with Gasteiger partial charge in [-0.05, 0) is 24.1 Å². The molecule has 0 spiro atoms. The maximum atomic E-state index is 12.5. The molecule has 2 aromatic rings. The Hall–Kier alpha value is -2.69. The van der Waals surface area contributed by atoms with Gasteiger partial charge in [0, 0.05) is 37.3 Å². The molecule has 124 valence electrons. The number of nitrogens with zero attached hydrogens (tertiary/aromatic N) is 2. The first-order valence-corrected chi connectivity index (χ1v) is 8.10. The zero-order valence-electron chi connectivity index (χ0n) is 13.3. The number of hydrogen-bond donors (Lipinski definition) is 1. The number of carboxylic acids is 1. The van der Waals surface area contributed by atoms with Crippen LogP contribution in [0.1, 0.15) is 23.6 Å². The normalized spacial score (nSPS) is 20.1. The molecule has 3 rings (SSSR count). The highest BCUT2D eigenvalue weighted by molar-refractivity contribution is 5.79. The lowest BCUT2D eigenvalue weighted by Gasteiger charge is -2.16. The van der Waals surface area contributed by atoms with Crippen molar-refractivity contribution in [1.29, 1.82) is 0 Å². The second-order valence-electron chi connectivity index (χ2n) is 6.08. The number of aliphatic carboxylic acids is 1. The molecule has 1 aromatic heterocycles. The number of aryl methyl sites for hydroxylation is 1. The lowest BCUT2D eigenvalue weighted by molar-refractivity contribution is -0.141. The minimum atomic E-state index is -0.844. The molecule has 1 aliphatic rings. The average Bonchev–Trinajstić information content (AvgIpc) is 3.07. The molecule has 0 unspecified atom stereocenters. The third-order valence-corrected chi connectivity index (χ3v) is 4.54. The van der Waals surface area contributed by atoms with E-state index in [4.69, 9.17) is 0 Å². The van der Waals surface area contributed by atoms with E-state index in [0.29, 0.717) is 19.4 Å². The number of carbonyl (C=O) groups excluding carboxylic acids is 1. The van der Waals surface area contributed by atoms with Crippen LogP contribution in [0.4, 0.5) is 0 Å². The molecule has 2 heterocycles. The quantitative estimate of drug-likeness (QED) is 0.916. The number of carboxylic acid groups (broad SMARTS) is 1. The van der Waals surface area contributed by atoms with Gasteiger partial charge in [-0.3, -0.25) is 14.6 Å². The number of pyridine rings is 1. The van der Waals surface area contributed by atoms with E-state index in [-0.39, 0.29) is 18.4 Å². The van der Waals surface area contributed by atoms with Gasteiger partial charge >= 0.3 is 5.97 Å². The van der Waals surface area contributed by atoms with Crippen LogP contribution in [0.15, 0.2) is 54.7 Å². The summed E-state index contributed by atoms with van der Waals surface area (Å²) in [4.78, 5) is 30.0. The van der Waals surface area contributed by atoms with Crippen molar-refractivity contribution in [1.82, 2.24) is 9.88 Å². The van der Waals surface area contributed by atoms with Crippen LogP contribution >= 0.6 is 0 Å². The Morgan fingerprint density at radius 3 is 2.50 bits per heavy atom. The van der Waals surface area contributed by atoms with Crippen LogP contribution in [0.25, 0.3) is 0 Å². The molecule has 0 bridgehead atoms. The van der Waals surface area contributed by atoms with Crippen molar-refractivity contribution in [3.63, 3.8) is 0 Å². The highest BCUT2D eigenvalue weighted by Crippen LogP contribution is 2.33. The number of rotatable bonds is 5. The second kappa shape index (κ2) is 7.25. The van der Waals surface area contributed by atoms with Crippen molar-refractivity contribution in [2.24, 2.45) is 5.92 Å². The monoisotopic (exact) mass is 324 g/mol. The molecule has 5 nitrogen and oxygen atoms in total. The summed E-state index contributed by atoms with van der Waals surface area (Å²) in [7, 11) is 0. The molecule has 24 heavy (non-hydrogen) atoms. The van der Waals surface area contributed by atoms with Crippen LogP contribution in [0.2, 0.25) is 0 Å². The minimum absolute atomic E-state index is 0.00895. The highest BCUT2D eigenvalue weighted by Gasteiger charge is 2.40. The van der Waals surface area contributed by atoms with Crippen LogP contribution in [-0.2, 0) is 16.0 Å². The molecule has 1 saturated heterocycles.